The smallest absolute Gasteiger partial charge is 0.224 e. The molecule has 0 atom stereocenters. The summed E-state index contributed by atoms with van der Waals surface area (Å²) in [5.74, 6) is 0. The fourth-order valence-corrected chi connectivity index (χ4v) is 1.32. The molecule has 0 aliphatic carbocycles. The van der Waals surface area contributed by atoms with Gasteiger partial charge in [0.05, 0.1) is 12.0 Å². The minimum atomic E-state index is 0.267. The minimum absolute atomic E-state index is 0.267. The zero-order valence-electron chi connectivity index (χ0n) is 6.74. The Labute approximate surface area is 74.2 Å². The Balaban J connectivity index is 2.92. The van der Waals surface area contributed by atoms with Crippen molar-refractivity contribution in [3.8, 4) is 0 Å². The van der Waals surface area contributed by atoms with Crippen molar-refractivity contribution >= 4 is 22.8 Å². The standard InChI is InChI=1S/C7H7ClN4/c1-4-5-6(11-7(8)10-4)12(2)3-9-5/h3H,1-2H3. The van der Waals surface area contributed by atoms with Crippen LogP contribution in [0.2, 0.25) is 5.28 Å². The molecular weight excluding hydrogens is 176 g/mol. The third kappa shape index (κ3) is 0.956. The molecule has 0 radical (unpaired) electrons. The largest absolute Gasteiger partial charge is 0.318 e. The lowest BCUT2D eigenvalue weighted by Gasteiger charge is -1.95. The highest BCUT2D eigenvalue weighted by molar-refractivity contribution is 6.28. The van der Waals surface area contributed by atoms with E-state index in [2.05, 4.69) is 15.0 Å². The van der Waals surface area contributed by atoms with Gasteiger partial charge >= 0.3 is 0 Å². The molecule has 0 fully saturated rings. The molecule has 0 aliphatic heterocycles. The number of imidazole rings is 1. The maximum Gasteiger partial charge on any atom is 0.224 e. The monoisotopic (exact) mass is 182 g/mol. The lowest BCUT2D eigenvalue weighted by molar-refractivity contribution is 0.927. The zero-order chi connectivity index (χ0) is 8.72. The highest BCUT2D eigenvalue weighted by atomic mass is 35.5. The highest BCUT2D eigenvalue weighted by Gasteiger charge is 2.06. The summed E-state index contributed by atoms with van der Waals surface area (Å²) in [6, 6.07) is 0. The quantitative estimate of drug-likeness (QED) is 0.578. The molecule has 0 saturated carbocycles. The molecule has 62 valence electrons. The Morgan fingerprint density at radius 1 is 1.42 bits per heavy atom. The van der Waals surface area contributed by atoms with E-state index < -0.39 is 0 Å². The molecule has 0 N–H and O–H groups in total. The van der Waals surface area contributed by atoms with Gasteiger partial charge in [-0.15, -0.1) is 0 Å². The molecule has 0 unspecified atom stereocenters. The van der Waals surface area contributed by atoms with Crippen molar-refractivity contribution in [3.05, 3.63) is 17.3 Å². The van der Waals surface area contributed by atoms with Crippen molar-refractivity contribution in [2.45, 2.75) is 6.92 Å². The number of halogens is 1. The first-order valence-corrected chi connectivity index (χ1v) is 3.87. The van der Waals surface area contributed by atoms with Crippen LogP contribution in [0, 0.1) is 6.92 Å². The van der Waals surface area contributed by atoms with Gasteiger partial charge in [-0.3, -0.25) is 0 Å². The van der Waals surface area contributed by atoms with Gasteiger partial charge in [-0.25, -0.2) is 9.97 Å². The molecule has 0 bridgehead atoms. The third-order valence-electron chi connectivity index (χ3n) is 1.71. The van der Waals surface area contributed by atoms with Gasteiger partial charge in [0.25, 0.3) is 0 Å². The first-order valence-electron chi connectivity index (χ1n) is 3.49. The van der Waals surface area contributed by atoms with Crippen LogP contribution < -0.4 is 0 Å². The van der Waals surface area contributed by atoms with Gasteiger partial charge < -0.3 is 4.57 Å². The van der Waals surface area contributed by atoms with E-state index in [1.54, 1.807) is 6.33 Å². The van der Waals surface area contributed by atoms with Crippen LogP contribution in [0.3, 0.4) is 0 Å². The van der Waals surface area contributed by atoms with Crippen molar-refractivity contribution in [1.82, 2.24) is 19.5 Å². The molecule has 12 heavy (non-hydrogen) atoms. The average molecular weight is 183 g/mol. The third-order valence-corrected chi connectivity index (χ3v) is 1.88. The number of fused-ring (bicyclic) bond motifs is 1. The van der Waals surface area contributed by atoms with Crippen LogP contribution in [-0.2, 0) is 7.05 Å². The number of rotatable bonds is 0. The number of aromatic nitrogens is 4. The van der Waals surface area contributed by atoms with E-state index in [1.165, 1.54) is 0 Å². The summed E-state index contributed by atoms with van der Waals surface area (Å²) in [4.78, 5) is 12.2. The van der Waals surface area contributed by atoms with E-state index in [9.17, 15) is 0 Å². The molecule has 0 saturated heterocycles. The predicted molar refractivity (Wildman–Crippen MR) is 46.1 cm³/mol. The summed E-state index contributed by atoms with van der Waals surface area (Å²) in [6.45, 7) is 1.86. The topological polar surface area (TPSA) is 43.6 Å². The second-order valence-electron chi connectivity index (χ2n) is 2.61. The highest BCUT2D eigenvalue weighted by Crippen LogP contribution is 2.14. The first-order chi connectivity index (χ1) is 5.68. The molecule has 2 aromatic heterocycles. The number of hydrogen-bond donors (Lipinski definition) is 0. The number of hydrogen-bond acceptors (Lipinski definition) is 3. The zero-order valence-corrected chi connectivity index (χ0v) is 7.50. The molecule has 0 amide bonds. The summed E-state index contributed by atoms with van der Waals surface area (Å²) in [5, 5.41) is 0.267. The van der Waals surface area contributed by atoms with Crippen molar-refractivity contribution in [2.24, 2.45) is 7.05 Å². The Kier molecular flexibility index (Phi) is 1.51. The lowest BCUT2D eigenvalue weighted by Crippen LogP contribution is -1.92. The second kappa shape index (κ2) is 2.42. The van der Waals surface area contributed by atoms with Crippen LogP contribution in [0.25, 0.3) is 11.2 Å². The van der Waals surface area contributed by atoms with Crippen LogP contribution in [0.5, 0.6) is 0 Å². The Hall–Kier alpha value is -1.16. The van der Waals surface area contributed by atoms with Crippen LogP contribution in [0.4, 0.5) is 0 Å². The Morgan fingerprint density at radius 3 is 2.92 bits per heavy atom. The fourth-order valence-electron chi connectivity index (χ4n) is 1.11. The SMILES string of the molecule is Cc1nc(Cl)nc2c1ncn2C. The predicted octanol–water partition coefficient (Wildman–Crippen LogP) is 1.33. The minimum Gasteiger partial charge on any atom is -0.318 e. The summed E-state index contributed by atoms with van der Waals surface area (Å²) in [5.41, 5.74) is 2.39. The van der Waals surface area contributed by atoms with Crippen LogP contribution >= 0.6 is 11.6 Å². The molecule has 0 spiro atoms. The van der Waals surface area contributed by atoms with E-state index in [-0.39, 0.29) is 5.28 Å². The van der Waals surface area contributed by atoms with E-state index in [0.29, 0.717) is 0 Å². The Bertz CT molecular complexity index is 434. The van der Waals surface area contributed by atoms with E-state index >= 15 is 0 Å². The number of nitrogens with zero attached hydrogens (tertiary/aromatic N) is 4. The average Bonchev–Trinajstić information content (AvgIpc) is 2.33. The maximum atomic E-state index is 5.69. The van der Waals surface area contributed by atoms with Gasteiger partial charge in [0, 0.05) is 7.05 Å². The normalized spacial score (nSPS) is 10.9. The van der Waals surface area contributed by atoms with Gasteiger partial charge in [0.15, 0.2) is 5.65 Å². The summed E-state index contributed by atoms with van der Waals surface area (Å²) in [6.07, 6.45) is 1.70. The van der Waals surface area contributed by atoms with Gasteiger partial charge in [0.2, 0.25) is 5.28 Å². The van der Waals surface area contributed by atoms with Crippen molar-refractivity contribution in [3.63, 3.8) is 0 Å². The van der Waals surface area contributed by atoms with E-state index in [1.807, 2.05) is 18.5 Å². The lowest BCUT2D eigenvalue weighted by atomic mass is 10.4. The summed E-state index contributed by atoms with van der Waals surface area (Å²) in [7, 11) is 1.87. The van der Waals surface area contributed by atoms with Gasteiger partial charge in [-0.2, -0.15) is 4.98 Å². The molecule has 4 nitrogen and oxygen atoms in total. The molecule has 0 aromatic carbocycles. The number of aryl methyl sites for hydroxylation is 2. The molecular formula is C7H7ClN4. The van der Waals surface area contributed by atoms with Crippen LogP contribution in [0.1, 0.15) is 5.69 Å². The Morgan fingerprint density at radius 2 is 2.17 bits per heavy atom. The maximum absolute atomic E-state index is 5.69. The van der Waals surface area contributed by atoms with Crippen molar-refractivity contribution in [2.75, 3.05) is 0 Å². The van der Waals surface area contributed by atoms with Crippen molar-refractivity contribution in [1.29, 1.82) is 0 Å². The van der Waals surface area contributed by atoms with Crippen LogP contribution in [0.15, 0.2) is 6.33 Å². The van der Waals surface area contributed by atoms with E-state index in [0.717, 1.165) is 16.9 Å². The second-order valence-corrected chi connectivity index (χ2v) is 2.94. The van der Waals surface area contributed by atoms with Gasteiger partial charge in [-0.1, -0.05) is 0 Å². The molecule has 0 aliphatic rings. The molecule has 2 rings (SSSR count). The summed E-state index contributed by atoms with van der Waals surface area (Å²) < 4.78 is 1.82. The van der Waals surface area contributed by atoms with Gasteiger partial charge in [0.1, 0.15) is 5.52 Å². The fraction of sp³-hybridized carbons (Fsp3) is 0.286. The first kappa shape index (κ1) is 7.49. The summed E-state index contributed by atoms with van der Waals surface area (Å²) >= 11 is 5.69. The molecule has 2 aromatic rings. The van der Waals surface area contributed by atoms with Crippen molar-refractivity contribution < 1.29 is 0 Å². The van der Waals surface area contributed by atoms with Crippen LogP contribution in [-0.4, -0.2) is 19.5 Å². The van der Waals surface area contributed by atoms with E-state index in [4.69, 9.17) is 11.6 Å². The molecule has 2 heterocycles. The molecule has 5 heteroatoms. The van der Waals surface area contributed by atoms with Gasteiger partial charge in [-0.05, 0) is 18.5 Å².